The minimum Gasteiger partial charge on any atom is -0.371 e. The lowest BCUT2D eigenvalue weighted by Crippen LogP contribution is -2.62. The van der Waals surface area contributed by atoms with Crippen molar-refractivity contribution >= 4 is 48.1 Å². The molecule has 0 radical (unpaired) electrons. The van der Waals surface area contributed by atoms with Crippen LogP contribution in [0.5, 0.6) is 0 Å². The van der Waals surface area contributed by atoms with Gasteiger partial charge in [-0.2, -0.15) is 0 Å². The van der Waals surface area contributed by atoms with Crippen LogP contribution in [0.3, 0.4) is 0 Å². The Hall–Kier alpha value is -4.05. The summed E-state index contributed by atoms with van der Waals surface area (Å²) in [5, 5.41) is 6.48. The molecular formula is C36H44N6O3Si. The Bertz CT molecular complexity index is 1600. The normalized spacial score (nSPS) is 29.3. The molecule has 1 aromatic heterocycles. The number of carbonyl (C=O) groups is 2. The molecule has 46 heavy (non-hydrogen) atoms. The molecule has 0 spiro atoms. The van der Waals surface area contributed by atoms with E-state index in [2.05, 4.69) is 70.2 Å². The Morgan fingerprint density at radius 2 is 1.59 bits per heavy atom. The number of hydroxylamine groups is 1. The van der Waals surface area contributed by atoms with Gasteiger partial charge in [0.2, 0.25) is 5.91 Å². The second-order valence-corrected chi connectivity index (χ2v) is 19.4. The van der Waals surface area contributed by atoms with Crippen molar-refractivity contribution in [3.05, 3.63) is 72.9 Å². The summed E-state index contributed by atoms with van der Waals surface area (Å²) in [6.45, 7) is 5.81. The van der Waals surface area contributed by atoms with Gasteiger partial charge in [-0.15, -0.1) is 0 Å². The average molecular weight is 637 g/mol. The zero-order chi connectivity index (χ0) is 31.5. The lowest BCUT2D eigenvalue weighted by atomic mass is 9.47. The van der Waals surface area contributed by atoms with Crippen LogP contribution in [0.2, 0.25) is 18.6 Å². The molecule has 2 aromatic carbocycles. The Kier molecular flexibility index (Phi) is 7.23. The van der Waals surface area contributed by atoms with E-state index in [1.54, 1.807) is 10.2 Å². The van der Waals surface area contributed by atoms with Gasteiger partial charge in [-0.3, -0.25) is 4.79 Å². The van der Waals surface area contributed by atoms with E-state index in [0.29, 0.717) is 19.0 Å². The summed E-state index contributed by atoms with van der Waals surface area (Å²) >= 11 is 0. The fraction of sp³-hybridized carbons (Fsp3) is 0.472. The smallest absolute Gasteiger partial charge is 0.371 e. The van der Waals surface area contributed by atoms with Crippen LogP contribution < -0.4 is 31.1 Å². The number of nitrogens with one attached hydrogen (secondary N) is 1. The summed E-state index contributed by atoms with van der Waals surface area (Å²) in [7, 11) is -1.44. The first kappa shape index (κ1) is 29.4. The van der Waals surface area contributed by atoms with Crippen LogP contribution in [-0.2, 0) is 9.63 Å². The highest BCUT2D eigenvalue weighted by Crippen LogP contribution is 2.60. The van der Waals surface area contributed by atoms with Crippen molar-refractivity contribution in [1.82, 2.24) is 10.3 Å². The zero-order valence-corrected chi connectivity index (χ0v) is 27.6. The molecule has 4 saturated carbocycles. The number of para-hydroxylation sites is 2. The fourth-order valence-corrected chi connectivity index (χ4v) is 13.0. The van der Waals surface area contributed by atoms with Gasteiger partial charge in [0.05, 0.1) is 37.9 Å². The van der Waals surface area contributed by atoms with E-state index in [-0.39, 0.29) is 29.2 Å². The van der Waals surface area contributed by atoms with Crippen LogP contribution in [0.4, 0.5) is 27.7 Å². The molecular weight excluding hydrogens is 593 g/mol. The van der Waals surface area contributed by atoms with E-state index in [4.69, 9.17) is 15.6 Å². The number of nitrogens with two attached hydrogens (primary N) is 1. The molecule has 3 N–H and O–H groups in total. The molecule has 5 atom stereocenters. The van der Waals surface area contributed by atoms with Gasteiger partial charge in [0.25, 0.3) is 0 Å². The van der Waals surface area contributed by atoms with Crippen LogP contribution in [0.15, 0.2) is 72.9 Å². The van der Waals surface area contributed by atoms with E-state index in [1.807, 2.05) is 24.4 Å². The molecule has 10 heteroatoms. The number of amides is 2. The zero-order valence-electron chi connectivity index (χ0n) is 26.6. The molecule has 1 saturated heterocycles. The van der Waals surface area contributed by atoms with Gasteiger partial charge in [0.1, 0.15) is 5.82 Å². The third-order valence-electron chi connectivity index (χ3n) is 12.0. The van der Waals surface area contributed by atoms with Gasteiger partial charge in [-0.05, 0) is 86.2 Å². The highest BCUT2D eigenvalue weighted by atomic mass is 28.3. The molecule has 3 unspecified atom stereocenters. The summed E-state index contributed by atoms with van der Waals surface area (Å²) in [4.78, 5) is 41.2. The van der Waals surface area contributed by atoms with E-state index in [1.165, 1.54) is 17.8 Å². The molecule has 9 nitrogen and oxygen atoms in total. The maximum absolute atomic E-state index is 13.3. The van der Waals surface area contributed by atoms with Crippen LogP contribution in [0, 0.1) is 23.2 Å². The minimum absolute atomic E-state index is 0.0325. The number of fused-ring (bicyclic) bond motifs is 1. The van der Waals surface area contributed by atoms with Crippen molar-refractivity contribution in [2.75, 3.05) is 41.0 Å². The molecule has 4 bridgehead atoms. The highest BCUT2D eigenvalue weighted by Gasteiger charge is 2.58. The second-order valence-electron chi connectivity index (χ2n) is 14.7. The standard InChI is InChI=1S/C36H44N6O3Si/c1-46(29-7-3-2-4-8-29)17-15-40(16-18-46)28-11-12-32(38-24-28)41-13-14-42(31-10-6-5-9-30(31)41)45-35(44)39-33-26-19-25-20-27(33)23-36(21-25,22-26)34(37)43/h2-12,24-27,33H,13-23H2,1H3,(H2,37,43)(H,39,44)/t25?,26-,27+,33?,36?. The molecule has 2 aliphatic heterocycles. The Balaban J connectivity index is 0.916. The third-order valence-corrected chi connectivity index (χ3v) is 16.3. The van der Waals surface area contributed by atoms with Gasteiger partial charge in [-0.1, -0.05) is 54.2 Å². The maximum Gasteiger partial charge on any atom is 0.431 e. The molecule has 9 rings (SSSR count). The van der Waals surface area contributed by atoms with Gasteiger partial charge in [0, 0.05) is 31.1 Å². The maximum atomic E-state index is 13.3. The predicted molar refractivity (Wildman–Crippen MR) is 183 cm³/mol. The van der Waals surface area contributed by atoms with E-state index < -0.39 is 14.2 Å². The third kappa shape index (κ3) is 5.11. The van der Waals surface area contributed by atoms with Crippen LogP contribution in [0.25, 0.3) is 0 Å². The van der Waals surface area contributed by atoms with E-state index in [0.717, 1.165) is 62.4 Å². The Morgan fingerprint density at radius 1 is 0.891 bits per heavy atom. The number of pyridine rings is 1. The predicted octanol–water partition coefficient (Wildman–Crippen LogP) is 5.17. The number of benzene rings is 2. The number of primary amides is 1. The molecule has 3 heterocycles. The van der Waals surface area contributed by atoms with Crippen LogP contribution in [-0.4, -0.2) is 57.3 Å². The summed E-state index contributed by atoms with van der Waals surface area (Å²) in [5.41, 5.74) is 8.46. The van der Waals surface area contributed by atoms with E-state index >= 15 is 0 Å². The lowest BCUT2D eigenvalue weighted by molar-refractivity contribution is -0.145. The topological polar surface area (TPSA) is 104 Å². The largest absolute Gasteiger partial charge is 0.431 e. The van der Waals surface area contributed by atoms with Crippen LogP contribution in [0.1, 0.15) is 32.1 Å². The first-order valence-electron chi connectivity index (χ1n) is 17.0. The molecule has 6 aliphatic rings. The van der Waals surface area contributed by atoms with Crippen molar-refractivity contribution in [3.63, 3.8) is 0 Å². The van der Waals surface area contributed by atoms with Crippen molar-refractivity contribution in [2.24, 2.45) is 28.9 Å². The van der Waals surface area contributed by atoms with Crippen molar-refractivity contribution < 1.29 is 14.4 Å². The average Bonchev–Trinajstić information content (AvgIpc) is 3.07. The van der Waals surface area contributed by atoms with Crippen molar-refractivity contribution in [1.29, 1.82) is 0 Å². The van der Waals surface area contributed by atoms with Crippen LogP contribution >= 0.6 is 0 Å². The fourth-order valence-electron chi connectivity index (χ4n) is 9.60. The summed E-state index contributed by atoms with van der Waals surface area (Å²) < 4.78 is 0. The number of hydrogen-bond acceptors (Lipinski definition) is 7. The molecule has 5 fully saturated rings. The number of nitrogens with zero attached hydrogens (tertiary/aromatic N) is 4. The van der Waals surface area contributed by atoms with Crippen molar-refractivity contribution in [2.45, 2.75) is 56.8 Å². The van der Waals surface area contributed by atoms with Gasteiger partial charge in [0.15, 0.2) is 0 Å². The summed E-state index contributed by atoms with van der Waals surface area (Å²) in [6, 6.07) is 26.0. The second kappa shape index (κ2) is 11.3. The first-order chi connectivity index (χ1) is 22.3. The van der Waals surface area contributed by atoms with Crippen molar-refractivity contribution in [3.8, 4) is 0 Å². The van der Waals surface area contributed by atoms with E-state index in [9.17, 15) is 9.59 Å². The lowest BCUT2D eigenvalue weighted by Gasteiger charge is -2.58. The number of carbonyl (C=O) groups excluding carboxylic acids is 2. The molecule has 3 aromatic rings. The first-order valence-corrected chi connectivity index (χ1v) is 19.9. The number of rotatable bonds is 6. The summed E-state index contributed by atoms with van der Waals surface area (Å²) in [5.74, 6) is 1.83. The van der Waals surface area contributed by atoms with Gasteiger partial charge >= 0.3 is 6.09 Å². The molecule has 2 amide bonds. The number of anilines is 4. The number of hydrogen-bond donors (Lipinski definition) is 2. The van der Waals surface area contributed by atoms with Gasteiger partial charge in [-0.25, -0.2) is 14.8 Å². The molecule has 240 valence electrons. The minimum atomic E-state index is -1.44. The highest BCUT2D eigenvalue weighted by molar-refractivity contribution is 6.91. The Morgan fingerprint density at radius 3 is 2.26 bits per heavy atom. The molecule has 4 aliphatic carbocycles. The SMILES string of the molecule is C[Si]1(c2ccccc2)CCN(c2ccc(N3CCN(OC(=O)NC4[C@@H]5CC6C[C@H]4CC(C(N)=O)(C6)C5)c4ccccc43)nc2)CC1. The summed E-state index contributed by atoms with van der Waals surface area (Å²) in [6.07, 6.45) is 6.16. The number of aromatic nitrogens is 1. The monoisotopic (exact) mass is 636 g/mol. The van der Waals surface area contributed by atoms with Gasteiger partial charge < -0.3 is 25.7 Å². The Labute approximate surface area is 272 Å². The quantitative estimate of drug-likeness (QED) is 0.360.